The van der Waals surface area contributed by atoms with Crippen molar-refractivity contribution in [1.29, 1.82) is 0 Å². The molecule has 2 heterocycles. The standard InChI is InChI=1S/C20H34N2O2/c23-19(10-9-17-7-3-1-4-8-17)21-15-11-18(12-16-21)20(24)22-13-5-2-6-14-22/h17-18H,1-16H2. The van der Waals surface area contributed by atoms with E-state index in [1.54, 1.807) is 0 Å². The van der Waals surface area contributed by atoms with Crippen LogP contribution in [0.3, 0.4) is 0 Å². The molecule has 4 nitrogen and oxygen atoms in total. The Morgan fingerprint density at radius 2 is 1.33 bits per heavy atom. The highest BCUT2D eigenvalue weighted by Gasteiger charge is 2.30. The summed E-state index contributed by atoms with van der Waals surface area (Å²) >= 11 is 0. The number of hydrogen-bond donors (Lipinski definition) is 0. The maximum absolute atomic E-state index is 12.6. The van der Waals surface area contributed by atoms with Crippen LogP contribution in [0.15, 0.2) is 0 Å². The van der Waals surface area contributed by atoms with Gasteiger partial charge in [-0.2, -0.15) is 0 Å². The second kappa shape index (κ2) is 8.87. The van der Waals surface area contributed by atoms with Crippen molar-refractivity contribution in [2.24, 2.45) is 11.8 Å². The second-order valence-electron chi connectivity index (χ2n) is 8.08. The van der Waals surface area contributed by atoms with E-state index in [-0.39, 0.29) is 5.92 Å². The smallest absolute Gasteiger partial charge is 0.225 e. The summed E-state index contributed by atoms with van der Waals surface area (Å²) in [5.74, 6) is 1.61. The molecule has 0 radical (unpaired) electrons. The van der Waals surface area contributed by atoms with Crippen LogP contribution in [0.25, 0.3) is 0 Å². The van der Waals surface area contributed by atoms with Crippen LogP contribution < -0.4 is 0 Å². The van der Waals surface area contributed by atoms with Crippen molar-refractivity contribution >= 4 is 11.8 Å². The van der Waals surface area contributed by atoms with Gasteiger partial charge in [0.1, 0.15) is 0 Å². The lowest BCUT2D eigenvalue weighted by Gasteiger charge is -2.35. The minimum atomic E-state index is 0.158. The molecule has 3 aliphatic rings. The number of hydrogen-bond acceptors (Lipinski definition) is 2. The van der Waals surface area contributed by atoms with Crippen LogP contribution in [0.4, 0.5) is 0 Å². The molecule has 24 heavy (non-hydrogen) atoms. The molecule has 0 atom stereocenters. The van der Waals surface area contributed by atoms with Gasteiger partial charge in [-0.3, -0.25) is 9.59 Å². The first-order chi connectivity index (χ1) is 11.7. The van der Waals surface area contributed by atoms with Crippen LogP contribution in [0.2, 0.25) is 0 Å². The van der Waals surface area contributed by atoms with Crippen LogP contribution >= 0.6 is 0 Å². The number of likely N-dealkylation sites (tertiary alicyclic amines) is 2. The predicted molar refractivity (Wildman–Crippen MR) is 95.5 cm³/mol. The first kappa shape index (κ1) is 17.8. The Balaban J connectivity index is 1.37. The summed E-state index contributed by atoms with van der Waals surface area (Å²) in [5, 5.41) is 0. The van der Waals surface area contributed by atoms with Crippen LogP contribution in [-0.4, -0.2) is 47.8 Å². The van der Waals surface area contributed by atoms with E-state index in [2.05, 4.69) is 4.90 Å². The summed E-state index contributed by atoms with van der Waals surface area (Å²) in [5.41, 5.74) is 0. The average Bonchev–Trinajstić information content (AvgIpc) is 2.67. The maximum atomic E-state index is 12.6. The van der Waals surface area contributed by atoms with Crippen LogP contribution in [0, 0.1) is 11.8 Å². The molecule has 1 aliphatic carbocycles. The zero-order chi connectivity index (χ0) is 16.8. The van der Waals surface area contributed by atoms with E-state index >= 15 is 0 Å². The van der Waals surface area contributed by atoms with Crippen molar-refractivity contribution < 1.29 is 9.59 Å². The number of piperidine rings is 2. The second-order valence-corrected chi connectivity index (χ2v) is 8.08. The third kappa shape index (κ3) is 4.73. The van der Waals surface area contributed by atoms with Gasteiger partial charge in [0.2, 0.25) is 11.8 Å². The molecule has 4 heteroatoms. The molecule has 136 valence electrons. The molecular weight excluding hydrogens is 300 g/mol. The topological polar surface area (TPSA) is 40.6 Å². The first-order valence-electron chi connectivity index (χ1n) is 10.3. The van der Waals surface area contributed by atoms with Crippen LogP contribution in [-0.2, 0) is 9.59 Å². The van der Waals surface area contributed by atoms with E-state index < -0.39 is 0 Å². The molecule has 3 rings (SSSR count). The Hall–Kier alpha value is -1.06. The van der Waals surface area contributed by atoms with Crippen molar-refractivity contribution in [2.45, 2.75) is 77.0 Å². The largest absolute Gasteiger partial charge is 0.343 e. The molecule has 0 spiro atoms. The fourth-order valence-corrected chi connectivity index (χ4v) is 4.71. The van der Waals surface area contributed by atoms with Crippen molar-refractivity contribution in [1.82, 2.24) is 9.80 Å². The van der Waals surface area contributed by atoms with E-state index in [9.17, 15) is 9.59 Å². The zero-order valence-electron chi connectivity index (χ0n) is 15.2. The van der Waals surface area contributed by atoms with Gasteiger partial charge in [0.25, 0.3) is 0 Å². The molecule has 0 unspecified atom stereocenters. The summed E-state index contributed by atoms with van der Waals surface area (Å²) < 4.78 is 0. The molecule has 1 saturated carbocycles. The summed E-state index contributed by atoms with van der Waals surface area (Å²) in [6, 6.07) is 0. The highest BCUT2D eigenvalue weighted by molar-refractivity contribution is 5.80. The van der Waals surface area contributed by atoms with Gasteiger partial charge in [-0.15, -0.1) is 0 Å². The molecule has 3 fully saturated rings. The van der Waals surface area contributed by atoms with E-state index in [1.807, 2.05) is 4.90 Å². The number of carbonyl (C=O) groups is 2. The minimum absolute atomic E-state index is 0.158. The fourth-order valence-electron chi connectivity index (χ4n) is 4.71. The van der Waals surface area contributed by atoms with Gasteiger partial charge in [-0.25, -0.2) is 0 Å². The number of carbonyl (C=O) groups excluding carboxylic acids is 2. The monoisotopic (exact) mass is 334 g/mol. The third-order valence-corrected chi connectivity index (χ3v) is 6.36. The van der Waals surface area contributed by atoms with Crippen molar-refractivity contribution in [3.8, 4) is 0 Å². The molecule has 2 amide bonds. The molecule has 2 aliphatic heterocycles. The quantitative estimate of drug-likeness (QED) is 0.788. The van der Waals surface area contributed by atoms with Gasteiger partial charge in [0, 0.05) is 38.5 Å². The summed E-state index contributed by atoms with van der Waals surface area (Å²) in [7, 11) is 0. The van der Waals surface area contributed by atoms with Gasteiger partial charge in [-0.1, -0.05) is 32.1 Å². The minimum Gasteiger partial charge on any atom is -0.343 e. The molecule has 0 N–H and O–H groups in total. The van der Waals surface area contributed by atoms with Gasteiger partial charge in [0.15, 0.2) is 0 Å². The van der Waals surface area contributed by atoms with Gasteiger partial charge < -0.3 is 9.80 Å². The Labute approximate surface area is 146 Å². The Morgan fingerprint density at radius 1 is 0.708 bits per heavy atom. The van der Waals surface area contributed by atoms with Crippen molar-refractivity contribution in [2.75, 3.05) is 26.2 Å². The molecule has 2 saturated heterocycles. The van der Waals surface area contributed by atoms with Gasteiger partial charge >= 0.3 is 0 Å². The lowest BCUT2D eigenvalue weighted by Crippen LogP contribution is -2.45. The fraction of sp³-hybridized carbons (Fsp3) is 0.900. The van der Waals surface area contributed by atoms with Crippen molar-refractivity contribution in [3.05, 3.63) is 0 Å². The third-order valence-electron chi connectivity index (χ3n) is 6.36. The van der Waals surface area contributed by atoms with Crippen LogP contribution in [0.5, 0.6) is 0 Å². The summed E-state index contributed by atoms with van der Waals surface area (Å²) in [6.07, 6.45) is 13.8. The zero-order valence-corrected chi connectivity index (χ0v) is 15.2. The Morgan fingerprint density at radius 3 is 2.00 bits per heavy atom. The first-order valence-corrected chi connectivity index (χ1v) is 10.3. The van der Waals surface area contributed by atoms with E-state index in [0.29, 0.717) is 11.8 Å². The molecular formula is C20H34N2O2. The molecule has 0 bridgehead atoms. The average molecular weight is 335 g/mol. The van der Waals surface area contributed by atoms with E-state index in [4.69, 9.17) is 0 Å². The molecule has 0 aromatic rings. The van der Waals surface area contributed by atoms with Crippen molar-refractivity contribution in [3.63, 3.8) is 0 Å². The number of amides is 2. The van der Waals surface area contributed by atoms with Gasteiger partial charge in [0.05, 0.1) is 0 Å². The maximum Gasteiger partial charge on any atom is 0.225 e. The predicted octanol–water partition coefficient (Wildman–Crippen LogP) is 3.60. The SMILES string of the molecule is O=C(CCC1CCCCC1)N1CCC(C(=O)N2CCCCC2)CC1. The van der Waals surface area contributed by atoms with Gasteiger partial charge in [-0.05, 0) is 44.4 Å². The summed E-state index contributed by atoms with van der Waals surface area (Å²) in [4.78, 5) is 29.1. The van der Waals surface area contributed by atoms with E-state index in [0.717, 1.165) is 70.6 Å². The normalized spacial score (nSPS) is 24.2. The molecule has 0 aromatic heterocycles. The number of nitrogens with zero attached hydrogens (tertiary/aromatic N) is 2. The lowest BCUT2D eigenvalue weighted by molar-refractivity contribution is -0.141. The molecule has 0 aromatic carbocycles. The summed E-state index contributed by atoms with van der Waals surface area (Å²) in [6.45, 7) is 3.46. The Kier molecular flexibility index (Phi) is 6.56. The Bertz CT molecular complexity index is 417. The highest BCUT2D eigenvalue weighted by atomic mass is 16.2. The highest BCUT2D eigenvalue weighted by Crippen LogP contribution is 2.28. The van der Waals surface area contributed by atoms with Crippen LogP contribution in [0.1, 0.15) is 77.0 Å². The van der Waals surface area contributed by atoms with E-state index in [1.165, 1.54) is 38.5 Å². The lowest BCUT2D eigenvalue weighted by atomic mass is 9.86. The number of rotatable bonds is 4.